The first-order valence-corrected chi connectivity index (χ1v) is 7.51. The molecule has 2 amide bonds. The molecule has 3 rings (SSSR count). The first-order valence-electron chi connectivity index (χ1n) is 7.51. The number of carbonyl (C=O) groups excluding carboxylic acids is 2. The highest BCUT2D eigenvalue weighted by Crippen LogP contribution is 2.35. The standard InChI is InChI=1S/C17H15N3O5/c1-10-17(22)19(2)14-9-12(6-7-15(14)25-10)18-16(21)11-4-3-5-13(8-11)20(23)24/h3-10H,1-2H3,(H,18,21)/t10-/m0/s1. The summed E-state index contributed by atoms with van der Waals surface area (Å²) < 4.78 is 5.52. The summed E-state index contributed by atoms with van der Waals surface area (Å²) in [6.07, 6.45) is -0.567. The van der Waals surface area contributed by atoms with Crippen LogP contribution in [0, 0.1) is 10.1 Å². The Morgan fingerprint density at radius 2 is 2.04 bits per heavy atom. The summed E-state index contributed by atoms with van der Waals surface area (Å²) in [4.78, 5) is 36.0. The number of benzene rings is 2. The van der Waals surface area contributed by atoms with Gasteiger partial charge in [-0.1, -0.05) is 6.07 Å². The number of fused-ring (bicyclic) bond motifs is 1. The van der Waals surface area contributed by atoms with Crippen molar-refractivity contribution in [1.82, 2.24) is 0 Å². The van der Waals surface area contributed by atoms with Crippen molar-refractivity contribution in [3.05, 3.63) is 58.1 Å². The quantitative estimate of drug-likeness (QED) is 0.683. The molecule has 1 heterocycles. The summed E-state index contributed by atoms with van der Waals surface area (Å²) in [5.41, 5.74) is 1.00. The lowest BCUT2D eigenvalue weighted by molar-refractivity contribution is -0.384. The fraction of sp³-hybridized carbons (Fsp3) is 0.176. The predicted molar refractivity (Wildman–Crippen MR) is 91.0 cm³/mol. The maximum Gasteiger partial charge on any atom is 0.270 e. The summed E-state index contributed by atoms with van der Waals surface area (Å²) in [5, 5.41) is 13.5. The number of nitro benzene ring substituents is 1. The van der Waals surface area contributed by atoms with Crippen LogP contribution in [0.15, 0.2) is 42.5 Å². The van der Waals surface area contributed by atoms with Crippen molar-refractivity contribution in [3.8, 4) is 5.75 Å². The Balaban J connectivity index is 1.84. The second-order valence-corrected chi connectivity index (χ2v) is 5.60. The summed E-state index contributed by atoms with van der Waals surface area (Å²) in [6.45, 7) is 1.67. The zero-order chi connectivity index (χ0) is 18.1. The summed E-state index contributed by atoms with van der Waals surface area (Å²) in [5.74, 6) is -0.125. The van der Waals surface area contributed by atoms with Gasteiger partial charge in [0.2, 0.25) is 0 Å². The van der Waals surface area contributed by atoms with E-state index in [9.17, 15) is 19.7 Å². The smallest absolute Gasteiger partial charge is 0.270 e. The predicted octanol–water partition coefficient (Wildman–Crippen LogP) is 2.59. The molecule has 25 heavy (non-hydrogen) atoms. The molecule has 0 spiro atoms. The van der Waals surface area contributed by atoms with Gasteiger partial charge in [0, 0.05) is 30.4 Å². The Kier molecular flexibility index (Phi) is 4.10. The van der Waals surface area contributed by atoms with Crippen LogP contribution in [-0.2, 0) is 4.79 Å². The lowest BCUT2D eigenvalue weighted by Crippen LogP contribution is -2.41. The SMILES string of the molecule is C[C@@H]1Oc2ccc(NC(=O)c3cccc([N+](=O)[O-])c3)cc2N(C)C1=O. The molecule has 8 nitrogen and oxygen atoms in total. The molecule has 0 aliphatic carbocycles. The van der Waals surface area contributed by atoms with Gasteiger partial charge in [0.15, 0.2) is 6.10 Å². The van der Waals surface area contributed by atoms with Crippen LogP contribution in [0.25, 0.3) is 0 Å². The average Bonchev–Trinajstić information content (AvgIpc) is 2.60. The van der Waals surface area contributed by atoms with Crippen LogP contribution >= 0.6 is 0 Å². The van der Waals surface area contributed by atoms with Crippen LogP contribution < -0.4 is 15.0 Å². The number of non-ortho nitro benzene ring substituents is 1. The van der Waals surface area contributed by atoms with Gasteiger partial charge in [0.1, 0.15) is 5.75 Å². The van der Waals surface area contributed by atoms with Gasteiger partial charge in [0.05, 0.1) is 10.6 Å². The van der Waals surface area contributed by atoms with Gasteiger partial charge in [-0.05, 0) is 31.2 Å². The summed E-state index contributed by atoms with van der Waals surface area (Å²) >= 11 is 0. The minimum Gasteiger partial charge on any atom is -0.479 e. The molecule has 8 heteroatoms. The van der Waals surface area contributed by atoms with E-state index in [0.717, 1.165) is 0 Å². The number of hydrogen-bond donors (Lipinski definition) is 1. The molecule has 1 aliphatic rings. The number of likely N-dealkylation sites (N-methyl/N-ethyl adjacent to an activating group) is 1. The number of amides is 2. The van der Waals surface area contributed by atoms with Gasteiger partial charge in [-0.2, -0.15) is 0 Å². The first kappa shape index (κ1) is 16.4. The van der Waals surface area contributed by atoms with Crippen molar-refractivity contribution in [2.24, 2.45) is 0 Å². The molecule has 0 aromatic heterocycles. The van der Waals surface area contributed by atoms with E-state index in [2.05, 4.69) is 5.32 Å². The van der Waals surface area contributed by atoms with Crippen LogP contribution in [0.4, 0.5) is 17.1 Å². The molecule has 1 aliphatic heterocycles. The second kappa shape index (κ2) is 6.23. The third-order valence-corrected chi connectivity index (χ3v) is 3.88. The Hall–Kier alpha value is -3.42. The number of ether oxygens (including phenoxy) is 1. The van der Waals surface area contributed by atoms with E-state index in [4.69, 9.17) is 4.74 Å². The van der Waals surface area contributed by atoms with Gasteiger partial charge in [0.25, 0.3) is 17.5 Å². The van der Waals surface area contributed by atoms with E-state index in [1.807, 2.05) is 0 Å². The Morgan fingerprint density at radius 3 is 2.76 bits per heavy atom. The lowest BCUT2D eigenvalue weighted by Gasteiger charge is -2.30. The Morgan fingerprint density at radius 1 is 1.28 bits per heavy atom. The fourth-order valence-corrected chi connectivity index (χ4v) is 2.55. The van der Waals surface area contributed by atoms with Gasteiger partial charge in [-0.15, -0.1) is 0 Å². The zero-order valence-corrected chi connectivity index (χ0v) is 13.6. The maximum atomic E-state index is 12.3. The molecule has 1 N–H and O–H groups in total. The van der Waals surface area contributed by atoms with Crippen molar-refractivity contribution < 1.29 is 19.2 Å². The van der Waals surface area contributed by atoms with Crippen LogP contribution in [0.5, 0.6) is 5.75 Å². The van der Waals surface area contributed by atoms with Crippen molar-refractivity contribution in [1.29, 1.82) is 0 Å². The largest absolute Gasteiger partial charge is 0.479 e. The van der Waals surface area contributed by atoms with E-state index in [0.29, 0.717) is 17.1 Å². The highest BCUT2D eigenvalue weighted by atomic mass is 16.6. The van der Waals surface area contributed by atoms with Crippen molar-refractivity contribution in [3.63, 3.8) is 0 Å². The fourth-order valence-electron chi connectivity index (χ4n) is 2.55. The van der Waals surface area contributed by atoms with Gasteiger partial charge in [-0.25, -0.2) is 0 Å². The van der Waals surface area contributed by atoms with Gasteiger partial charge in [-0.3, -0.25) is 19.7 Å². The minimum atomic E-state index is -0.567. The maximum absolute atomic E-state index is 12.3. The molecular weight excluding hydrogens is 326 g/mol. The van der Waals surface area contributed by atoms with Crippen LogP contribution in [-0.4, -0.2) is 29.9 Å². The van der Waals surface area contributed by atoms with E-state index in [-0.39, 0.29) is 17.2 Å². The normalized spacial score (nSPS) is 16.0. The summed E-state index contributed by atoms with van der Waals surface area (Å²) in [6, 6.07) is 10.4. The van der Waals surface area contributed by atoms with E-state index in [1.54, 1.807) is 32.2 Å². The van der Waals surface area contributed by atoms with Gasteiger partial charge >= 0.3 is 0 Å². The molecule has 1 atom stereocenters. The zero-order valence-electron chi connectivity index (χ0n) is 13.6. The first-order chi connectivity index (χ1) is 11.9. The van der Waals surface area contributed by atoms with Crippen LogP contribution in [0.3, 0.4) is 0 Å². The number of nitrogens with one attached hydrogen (secondary N) is 1. The number of hydrogen-bond acceptors (Lipinski definition) is 5. The number of nitrogens with zero attached hydrogens (tertiary/aromatic N) is 2. The topological polar surface area (TPSA) is 102 Å². The number of rotatable bonds is 3. The van der Waals surface area contributed by atoms with Crippen molar-refractivity contribution in [2.45, 2.75) is 13.0 Å². The molecule has 0 unspecified atom stereocenters. The molecule has 128 valence electrons. The molecule has 2 aromatic carbocycles. The molecule has 0 saturated heterocycles. The lowest BCUT2D eigenvalue weighted by atomic mass is 10.1. The molecule has 2 aromatic rings. The van der Waals surface area contributed by atoms with Crippen LogP contribution in [0.1, 0.15) is 17.3 Å². The molecular formula is C17H15N3O5. The third kappa shape index (κ3) is 3.14. The number of carbonyl (C=O) groups is 2. The highest BCUT2D eigenvalue weighted by Gasteiger charge is 2.29. The van der Waals surface area contributed by atoms with E-state index >= 15 is 0 Å². The average molecular weight is 341 g/mol. The molecule has 0 radical (unpaired) electrons. The molecule has 0 fully saturated rings. The van der Waals surface area contributed by atoms with Gasteiger partial charge < -0.3 is 15.0 Å². The van der Waals surface area contributed by atoms with Crippen LogP contribution in [0.2, 0.25) is 0 Å². The minimum absolute atomic E-state index is 0.161. The third-order valence-electron chi connectivity index (χ3n) is 3.88. The van der Waals surface area contributed by atoms with E-state index < -0.39 is 16.9 Å². The number of nitro groups is 1. The van der Waals surface area contributed by atoms with Crippen molar-refractivity contribution in [2.75, 3.05) is 17.3 Å². The highest BCUT2D eigenvalue weighted by molar-refractivity contribution is 6.06. The Labute approximate surface area is 143 Å². The number of anilines is 2. The Bertz CT molecular complexity index is 880. The second-order valence-electron chi connectivity index (χ2n) is 5.60. The molecule has 0 bridgehead atoms. The van der Waals surface area contributed by atoms with Crippen molar-refractivity contribution >= 4 is 28.9 Å². The molecule has 0 saturated carbocycles. The summed E-state index contributed by atoms with van der Waals surface area (Å²) in [7, 11) is 1.63. The van der Waals surface area contributed by atoms with E-state index in [1.165, 1.54) is 29.2 Å². The monoisotopic (exact) mass is 341 g/mol.